The molecule has 1 heterocycles. The Balaban J connectivity index is 1.95. The normalized spacial score (nSPS) is 11.7. The van der Waals surface area contributed by atoms with E-state index in [9.17, 15) is 4.79 Å². The fourth-order valence-electron chi connectivity index (χ4n) is 2.35. The minimum absolute atomic E-state index is 0.0246. The molecule has 0 fully saturated rings. The molecule has 0 aliphatic carbocycles. The van der Waals surface area contributed by atoms with E-state index in [1.54, 1.807) is 0 Å². The first-order valence-electron chi connectivity index (χ1n) is 8.04. The number of aryl methyl sites for hydroxylation is 2. The molecule has 3 rings (SSSR count). The van der Waals surface area contributed by atoms with Gasteiger partial charge in [0.1, 0.15) is 5.52 Å². The lowest BCUT2D eigenvalue weighted by atomic mass is 9.95. The zero-order chi connectivity index (χ0) is 17.5. The highest BCUT2D eigenvalue weighted by Gasteiger charge is 2.21. The van der Waals surface area contributed by atoms with Crippen molar-refractivity contribution < 1.29 is 9.21 Å². The molecule has 0 radical (unpaired) electrons. The molecule has 0 saturated heterocycles. The molecule has 24 heavy (non-hydrogen) atoms. The number of aromatic nitrogens is 1. The van der Waals surface area contributed by atoms with Crippen molar-refractivity contribution in [1.82, 2.24) is 4.98 Å². The number of oxazole rings is 1. The summed E-state index contributed by atoms with van der Waals surface area (Å²) in [5.41, 5.74) is 5.12. The van der Waals surface area contributed by atoms with Crippen molar-refractivity contribution in [3.05, 3.63) is 47.5 Å². The van der Waals surface area contributed by atoms with Gasteiger partial charge in [0.15, 0.2) is 5.58 Å². The molecule has 0 aliphatic rings. The van der Waals surface area contributed by atoms with Gasteiger partial charge in [-0.2, -0.15) is 0 Å². The minimum Gasteiger partial charge on any atom is -0.436 e. The topological polar surface area (TPSA) is 55.1 Å². The standard InChI is InChI=1S/C20H22N2O2/c1-12-9-16-17(10-13(12)2)24-18(22-16)14-7-6-8-15(11-14)21-19(23)20(3,4)5/h6-11H,1-5H3,(H,21,23). The zero-order valence-electron chi connectivity index (χ0n) is 14.7. The van der Waals surface area contributed by atoms with E-state index in [0.717, 1.165) is 22.4 Å². The maximum absolute atomic E-state index is 12.1. The fourth-order valence-corrected chi connectivity index (χ4v) is 2.35. The monoisotopic (exact) mass is 322 g/mol. The fraction of sp³-hybridized carbons (Fsp3) is 0.300. The number of carbonyl (C=O) groups is 1. The predicted octanol–water partition coefficient (Wildman–Crippen LogP) is 5.10. The van der Waals surface area contributed by atoms with Crippen LogP contribution in [0.4, 0.5) is 5.69 Å². The van der Waals surface area contributed by atoms with Crippen molar-refractivity contribution in [3.8, 4) is 11.5 Å². The van der Waals surface area contributed by atoms with Gasteiger partial charge in [0.05, 0.1) is 0 Å². The van der Waals surface area contributed by atoms with Crippen LogP contribution in [-0.4, -0.2) is 10.9 Å². The average Bonchev–Trinajstić information content (AvgIpc) is 2.90. The Morgan fingerprint density at radius 1 is 1.08 bits per heavy atom. The van der Waals surface area contributed by atoms with Crippen LogP contribution in [0.3, 0.4) is 0 Å². The van der Waals surface area contributed by atoms with Crippen molar-refractivity contribution in [2.75, 3.05) is 5.32 Å². The van der Waals surface area contributed by atoms with Crippen molar-refractivity contribution >= 4 is 22.7 Å². The summed E-state index contributed by atoms with van der Waals surface area (Å²) < 4.78 is 5.89. The summed E-state index contributed by atoms with van der Waals surface area (Å²) >= 11 is 0. The predicted molar refractivity (Wildman–Crippen MR) is 97.0 cm³/mol. The molecule has 4 heteroatoms. The van der Waals surface area contributed by atoms with Gasteiger partial charge in [0.25, 0.3) is 0 Å². The molecule has 0 unspecified atom stereocenters. The number of nitrogens with zero attached hydrogens (tertiary/aromatic N) is 1. The lowest BCUT2D eigenvalue weighted by molar-refractivity contribution is -0.123. The Kier molecular flexibility index (Phi) is 3.91. The third-order valence-electron chi connectivity index (χ3n) is 4.05. The van der Waals surface area contributed by atoms with Crippen LogP contribution >= 0.6 is 0 Å². The molecular weight excluding hydrogens is 300 g/mol. The number of amides is 1. The second-order valence-corrected chi connectivity index (χ2v) is 7.21. The van der Waals surface area contributed by atoms with Crippen molar-refractivity contribution in [3.63, 3.8) is 0 Å². The van der Waals surface area contributed by atoms with Gasteiger partial charge in [-0.1, -0.05) is 26.8 Å². The first-order valence-corrected chi connectivity index (χ1v) is 8.04. The lowest BCUT2D eigenvalue weighted by Gasteiger charge is -2.17. The smallest absolute Gasteiger partial charge is 0.229 e. The average molecular weight is 322 g/mol. The summed E-state index contributed by atoms with van der Waals surface area (Å²) in [5.74, 6) is 0.533. The molecule has 3 aromatic rings. The first-order chi connectivity index (χ1) is 11.2. The number of benzene rings is 2. The van der Waals surface area contributed by atoms with E-state index in [1.807, 2.05) is 57.2 Å². The third-order valence-corrected chi connectivity index (χ3v) is 4.05. The number of hydrogen-bond donors (Lipinski definition) is 1. The van der Waals surface area contributed by atoms with E-state index in [4.69, 9.17) is 4.42 Å². The van der Waals surface area contributed by atoms with Gasteiger partial charge in [-0.3, -0.25) is 4.79 Å². The van der Waals surface area contributed by atoms with Crippen LogP contribution < -0.4 is 5.32 Å². The minimum atomic E-state index is -0.442. The summed E-state index contributed by atoms with van der Waals surface area (Å²) in [6.07, 6.45) is 0. The van der Waals surface area contributed by atoms with E-state index < -0.39 is 5.41 Å². The van der Waals surface area contributed by atoms with Gasteiger partial charge in [-0.25, -0.2) is 4.98 Å². The quantitative estimate of drug-likeness (QED) is 0.714. The van der Waals surface area contributed by atoms with E-state index >= 15 is 0 Å². The molecule has 1 amide bonds. The van der Waals surface area contributed by atoms with Crippen molar-refractivity contribution in [1.29, 1.82) is 0 Å². The van der Waals surface area contributed by atoms with Crippen LogP contribution in [0.2, 0.25) is 0 Å². The maximum atomic E-state index is 12.1. The maximum Gasteiger partial charge on any atom is 0.229 e. The van der Waals surface area contributed by atoms with Crippen LogP contribution in [0.1, 0.15) is 31.9 Å². The van der Waals surface area contributed by atoms with Crippen LogP contribution in [-0.2, 0) is 4.79 Å². The van der Waals surface area contributed by atoms with Crippen molar-refractivity contribution in [2.45, 2.75) is 34.6 Å². The summed E-state index contributed by atoms with van der Waals surface area (Å²) in [6, 6.07) is 11.6. The van der Waals surface area contributed by atoms with Crippen LogP contribution in [0.5, 0.6) is 0 Å². The number of hydrogen-bond acceptors (Lipinski definition) is 3. The number of nitrogens with one attached hydrogen (secondary N) is 1. The molecule has 1 aromatic heterocycles. The second-order valence-electron chi connectivity index (χ2n) is 7.21. The molecule has 4 nitrogen and oxygen atoms in total. The van der Waals surface area contributed by atoms with Crippen LogP contribution in [0, 0.1) is 19.3 Å². The zero-order valence-corrected chi connectivity index (χ0v) is 14.7. The highest BCUT2D eigenvalue weighted by Crippen LogP contribution is 2.28. The van der Waals surface area contributed by atoms with E-state index in [-0.39, 0.29) is 5.91 Å². The summed E-state index contributed by atoms with van der Waals surface area (Å²) in [6.45, 7) is 9.78. The van der Waals surface area contributed by atoms with Gasteiger partial charge >= 0.3 is 0 Å². The summed E-state index contributed by atoms with van der Waals surface area (Å²) in [4.78, 5) is 16.7. The molecule has 1 N–H and O–H groups in total. The van der Waals surface area contributed by atoms with E-state index in [1.165, 1.54) is 11.1 Å². The van der Waals surface area contributed by atoms with Gasteiger partial charge < -0.3 is 9.73 Å². The molecule has 0 aliphatic heterocycles. The number of anilines is 1. The molecule has 0 saturated carbocycles. The van der Waals surface area contributed by atoms with E-state index in [2.05, 4.69) is 24.1 Å². The molecule has 2 aromatic carbocycles. The molecule has 0 spiro atoms. The molecule has 0 bridgehead atoms. The highest BCUT2D eigenvalue weighted by atomic mass is 16.3. The SMILES string of the molecule is Cc1cc2nc(-c3cccc(NC(=O)C(C)(C)C)c3)oc2cc1C. The third kappa shape index (κ3) is 3.18. The largest absolute Gasteiger partial charge is 0.436 e. The Morgan fingerprint density at radius 2 is 1.79 bits per heavy atom. The van der Waals surface area contributed by atoms with Gasteiger partial charge in [0, 0.05) is 16.7 Å². The number of fused-ring (bicyclic) bond motifs is 1. The molecule has 124 valence electrons. The highest BCUT2D eigenvalue weighted by molar-refractivity contribution is 5.95. The second kappa shape index (κ2) is 5.78. The summed E-state index contributed by atoms with van der Waals surface area (Å²) in [5, 5.41) is 2.94. The Hall–Kier alpha value is -2.62. The van der Waals surface area contributed by atoms with E-state index in [0.29, 0.717) is 5.89 Å². The lowest BCUT2D eigenvalue weighted by Crippen LogP contribution is -2.27. The summed E-state index contributed by atoms with van der Waals surface area (Å²) in [7, 11) is 0. The molecule has 0 atom stereocenters. The Labute approximate surface area is 141 Å². The van der Waals surface area contributed by atoms with Gasteiger partial charge in [0.2, 0.25) is 11.8 Å². The van der Waals surface area contributed by atoms with Gasteiger partial charge in [-0.15, -0.1) is 0 Å². The van der Waals surface area contributed by atoms with Gasteiger partial charge in [-0.05, 0) is 55.3 Å². The number of rotatable bonds is 2. The first kappa shape index (κ1) is 16.2. The molecular formula is C20H22N2O2. The van der Waals surface area contributed by atoms with Crippen molar-refractivity contribution in [2.24, 2.45) is 5.41 Å². The van der Waals surface area contributed by atoms with Crippen LogP contribution in [0.25, 0.3) is 22.6 Å². The Morgan fingerprint density at radius 3 is 2.50 bits per heavy atom. The van der Waals surface area contributed by atoms with Crippen LogP contribution in [0.15, 0.2) is 40.8 Å². The number of carbonyl (C=O) groups excluding carboxylic acids is 1. The Bertz CT molecular complexity index is 878.